The molecule has 0 aromatic heterocycles. The quantitative estimate of drug-likeness (QED) is 0.647. The molecule has 0 atom stereocenters. The Morgan fingerprint density at radius 2 is 1.69 bits per heavy atom. The van der Waals surface area contributed by atoms with Crippen LogP contribution in [0.2, 0.25) is 5.02 Å². The van der Waals surface area contributed by atoms with E-state index in [0.29, 0.717) is 5.02 Å². The van der Waals surface area contributed by atoms with Crippen LogP contribution in [-0.2, 0) is 0 Å². The van der Waals surface area contributed by atoms with Gasteiger partial charge in [0.25, 0.3) is 0 Å². The normalized spacial score (nSPS) is 9.81. The van der Waals surface area contributed by atoms with Gasteiger partial charge >= 0.3 is 0 Å². The highest BCUT2D eigenvalue weighted by Gasteiger charge is 2.01. The second-order valence-electron chi connectivity index (χ2n) is 3.38. The van der Waals surface area contributed by atoms with Crippen molar-refractivity contribution in [1.29, 1.82) is 0 Å². The van der Waals surface area contributed by atoms with E-state index in [1.165, 1.54) is 12.1 Å². The molecule has 0 aliphatic heterocycles. The van der Waals surface area contributed by atoms with Gasteiger partial charge < -0.3 is 0 Å². The SMILES string of the molecule is C#Cc1ccc(-c2cc(F)cc(Cl)c2)cc1. The van der Waals surface area contributed by atoms with Crippen LogP contribution in [-0.4, -0.2) is 0 Å². The third-order valence-electron chi connectivity index (χ3n) is 2.25. The summed E-state index contributed by atoms with van der Waals surface area (Å²) in [6.07, 6.45) is 5.26. The minimum absolute atomic E-state index is 0.344. The Kier molecular flexibility index (Phi) is 2.94. The van der Waals surface area contributed by atoms with Crippen LogP contribution in [0.3, 0.4) is 0 Å². The Balaban J connectivity index is 2.47. The molecule has 0 saturated carbocycles. The zero-order valence-corrected chi connectivity index (χ0v) is 9.13. The molecule has 2 rings (SSSR count). The highest BCUT2D eigenvalue weighted by Crippen LogP contribution is 2.24. The zero-order valence-electron chi connectivity index (χ0n) is 8.37. The lowest BCUT2D eigenvalue weighted by Gasteiger charge is -2.03. The summed E-state index contributed by atoms with van der Waals surface area (Å²) in [6.45, 7) is 0. The largest absolute Gasteiger partial charge is 0.207 e. The van der Waals surface area contributed by atoms with Crippen molar-refractivity contribution in [2.24, 2.45) is 0 Å². The molecular weight excluding hydrogens is 223 g/mol. The minimum Gasteiger partial charge on any atom is -0.207 e. The number of rotatable bonds is 1. The average Bonchev–Trinajstić information content (AvgIpc) is 2.28. The van der Waals surface area contributed by atoms with Crippen LogP contribution in [0, 0.1) is 18.2 Å². The second-order valence-corrected chi connectivity index (χ2v) is 3.82. The van der Waals surface area contributed by atoms with Gasteiger partial charge in [0.1, 0.15) is 5.82 Å². The van der Waals surface area contributed by atoms with E-state index in [0.717, 1.165) is 16.7 Å². The molecule has 0 nitrogen and oxygen atoms in total. The first-order valence-corrected chi connectivity index (χ1v) is 5.10. The maximum Gasteiger partial charge on any atom is 0.125 e. The van der Waals surface area contributed by atoms with Crippen LogP contribution in [0.25, 0.3) is 11.1 Å². The maximum absolute atomic E-state index is 13.1. The number of benzene rings is 2. The molecule has 0 fully saturated rings. The number of terminal acetylenes is 1. The van der Waals surface area contributed by atoms with Crippen LogP contribution in [0.1, 0.15) is 5.56 Å². The summed E-state index contributed by atoms with van der Waals surface area (Å²) in [4.78, 5) is 0. The van der Waals surface area contributed by atoms with Gasteiger partial charge in [-0.15, -0.1) is 6.42 Å². The lowest BCUT2D eigenvalue weighted by Crippen LogP contribution is -1.82. The van der Waals surface area contributed by atoms with Gasteiger partial charge in [-0.1, -0.05) is 29.7 Å². The highest BCUT2D eigenvalue weighted by atomic mass is 35.5. The molecule has 16 heavy (non-hydrogen) atoms. The van der Waals surface area contributed by atoms with E-state index < -0.39 is 0 Å². The Morgan fingerprint density at radius 1 is 1.00 bits per heavy atom. The summed E-state index contributed by atoms with van der Waals surface area (Å²) in [5.41, 5.74) is 2.43. The third kappa shape index (κ3) is 2.24. The molecule has 0 unspecified atom stereocenters. The highest BCUT2D eigenvalue weighted by molar-refractivity contribution is 6.30. The molecule has 0 heterocycles. The number of halogens is 2. The van der Waals surface area contributed by atoms with Crippen molar-refractivity contribution in [3.05, 3.63) is 58.9 Å². The summed E-state index contributed by atoms with van der Waals surface area (Å²) < 4.78 is 13.1. The molecule has 0 bridgehead atoms. The van der Waals surface area contributed by atoms with Crippen LogP contribution < -0.4 is 0 Å². The standard InChI is InChI=1S/C14H8ClF/c1-2-10-3-5-11(6-4-10)12-7-13(15)9-14(16)8-12/h1,3-9H. The predicted octanol–water partition coefficient (Wildman–Crippen LogP) is 4.13. The Hall–Kier alpha value is -1.78. The van der Waals surface area contributed by atoms with Gasteiger partial charge in [0.2, 0.25) is 0 Å². The van der Waals surface area contributed by atoms with E-state index in [1.54, 1.807) is 6.07 Å². The third-order valence-corrected chi connectivity index (χ3v) is 2.47. The monoisotopic (exact) mass is 230 g/mol. The predicted molar refractivity (Wildman–Crippen MR) is 64.8 cm³/mol. The molecular formula is C14H8ClF. The maximum atomic E-state index is 13.1. The zero-order chi connectivity index (χ0) is 11.5. The summed E-state index contributed by atoms with van der Waals surface area (Å²) >= 11 is 5.79. The lowest BCUT2D eigenvalue weighted by molar-refractivity contribution is 0.628. The molecule has 0 saturated heterocycles. The first-order chi connectivity index (χ1) is 7.69. The van der Waals surface area contributed by atoms with Crippen LogP contribution >= 0.6 is 11.6 Å². The van der Waals surface area contributed by atoms with E-state index >= 15 is 0 Å². The van der Waals surface area contributed by atoms with Crippen LogP contribution in [0.4, 0.5) is 4.39 Å². The van der Waals surface area contributed by atoms with Gasteiger partial charge in [-0.05, 0) is 41.5 Å². The molecule has 0 aliphatic carbocycles. The van der Waals surface area contributed by atoms with Crippen LogP contribution in [0.15, 0.2) is 42.5 Å². The smallest absolute Gasteiger partial charge is 0.125 e. The van der Waals surface area contributed by atoms with Crippen molar-refractivity contribution in [2.45, 2.75) is 0 Å². The van der Waals surface area contributed by atoms with Gasteiger partial charge in [-0.25, -0.2) is 4.39 Å². The van der Waals surface area contributed by atoms with Crippen molar-refractivity contribution in [3.8, 4) is 23.5 Å². The fraction of sp³-hybridized carbons (Fsp3) is 0. The van der Waals surface area contributed by atoms with Gasteiger partial charge in [0, 0.05) is 10.6 Å². The number of hydrogen-bond donors (Lipinski definition) is 0. The minimum atomic E-state index is -0.344. The Morgan fingerprint density at radius 3 is 2.25 bits per heavy atom. The molecule has 2 aromatic rings. The van der Waals surface area contributed by atoms with Crippen molar-refractivity contribution in [1.82, 2.24) is 0 Å². The molecule has 2 aromatic carbocycles. The van der Waals surface area contributed by atoms with E-state index in [-0.39, 0.29) is 5.82 Å². The summed E-state index contributed by atoms with van der Waals surface area (Å²) in [6, 6.07) is 11.8. The Bertz CT molecular complexity index is 530. The molecule has 78 valence electrons. The molecule has 2 heteroatoms. The fourth-order valence-electron chi connectivity index (χ4n) is 1.48. The van der Waals surface area contributed by atoms with E-state index in [9.17, 15) is 4.39 Å². The van der Waals surface area contributed by atoms with Gasteiger partial charge in [-0.3, -0.25) is 0 Å². The lowest BCUT2D eigenvalue weighted by atomic mass is 10.0. The molecule has 0 spiro atoms. The van der Waals surface area contributed by atoms with Gasteiger partial charge in [0.05, 0.1) is 0 Å². The summed E-state index contributed by atoms with van der Waals surface area (Å²) in [5.74, 6) is 2.18. The Labute approximate surface area is 98.7 Å². The van der Waals surface area contributed by atoms with Crippen molar-refractivity contribution < 1.29 is 4.39 Å². The molecule has 0 aliphatic rings. The molecule has 0 radical (unpaired) electrons. The van der Waals surface area contributed by atoms with Gasteiger partial charge in [0.15, 0.2) is 0 Å². The fourth-order valence-corrected chi connectivity index (χ4v) is 1.70. The van der Waals surface area contributed by atoms with Gasteiger partial charge in [-0.2, -0.15) is 0 Å². The first kappa shape index (κ1) is 10.7. The van der Waals surface area contributed by atoms with E-state index in [2.05, 4.69) is 5.92 Å². The average molecular weight is 231 g/mol. The summed E-state index contributed by atoms with van der Waals surface area (Å²) in [7, 11) is 0. The summed E-state index contributed by atoms with van der Waals surface area (Å²) in [5, 5.41) is 0.385. The second kappa shape index (κ2) is 4.38. The topological polar surface area (TPSA) is 0 Å². The van der Waals surface area contributed by atoms with Crippen molar-refractivity contribution in [2.75, 3.05) is 0 Å². The van der Waals surface area contributed by atoms with Crippen molar-refractivity contribution in [3.63, 3.8) is 0 Å². The molecule has 0 N–H and O–H groups in total. The van der Waals surface area contributed by atoms with Crippen molar-refractivity contribution >= 4 is 11.6 Å². The molecule has 0 amide bonds. The number of hydrogen-bond acceptors (Lipinski definition) is 0. The van der Waals surface area contributed by atoms with Crippen LogP contribution in [0.5, 0.6) is 0 Å². The van der Waals surface area contributed by atoms with E-state index in [1.807, 2.05) is 24.3 Å². The first-order valence-electron chi connectivity index (χ1n) is 4.72. The van der Waals surface area contributed by atoms with E-state index in [4.69, 9.17) is 18.0 Å².